The molecule has 5 nitrogen and oxygen atoms in total. The van der Waals surface area contributed by atoms with E-state index in [1.165, 1.54) is 13.4 Å². The summed E-state index contributed by atoms with van der Waals surface area (Å²) in [6, 6.07) is 1.68. The number of carbonyl (C=O) groups is 1. The van der Waals surface area contributed by atoms with Gasteiger partial charge in [-0.3, -0.25) is 9.78 Å². The van der Waals surface area contributed by atoms with E-state index in [0.717, 1.165) is 18.4 Å². The van der Waals surface area contributed by atoms with Crippen molar-refractivity contribution in [3.63, 3.8) is 0 Å². The van der Waals surface area contributed by atoms with E-state index in [9.17, 15) is 4.79 Å². The van der Waals surface area contributed by atoms with Crippen LogP contribution in [0, 0.1) is 0 Å². The molecule has 0 radical (unpaired) electrons. The van der Waals surface area contributed by atoms with Crippen LogP contribution >= 0.6 is 0 Å². The molecular formula is C20H23NO4. The van der Waals surface area contributed by atoms with Crippen LogP contribution in [0.25, 0.3) is 5.57 Å². The maximum Gasteiger partial charge on any atom is 0.187 e. The molecule has 1 aliphatic rings. The van der Waals surface area contributed by atoms with Crippen LogP contribution in [0.1, 0.15) is 25.0 Å². The maximum absolute atomic E-state index is 12.7. The number of ketones is 1. The largest absolute Gasteiger partial charge is 0.496 e. The zero-order valence-corrected chi connectivity index (χ0v) is 14.7. The van der Waals surface area contributed by atoms with Crippen molar-refractivity contribution in [1.29, 1.82) is 0 Å². The highest BCUT2D eigenvalue weighted by Crippen LogP contribution is 2.34. The average molecular weight is 341 g/mol. The number of Topliss-reactive ketones (excluding diaryl/α,β-unsaturated/α-hetero) is 1. The molecule has 2 heterocycles. The molecule has 0 N–H and O–H groups in total. The number of hydrogen-bond acceptors (Lipinski definition) is 5. The van der Waals surface area contributed by atoms with Gasteiger partial charge in [0.25, 0.3) is 0 Å². The molecule has 1 aliphatic heterocycles. The first kappa shape index (κ1) is 18.5. The minimum Gasteiger partial charge on any atom is -0.496 e. The summed E-state index contributed by atoms with van der Waals surface area (Å²) in [5.41, 5.74) is 1.87. The van der Waals surface area contributed by atoms with Gasteiger partial charge in [0, 0.05) is 18.7 Å². The third-order valence-corrected chi connectivity index (χ3v) is 3.76. The van der Waals surface area contributed by atoms with Crippen molar-refractivity contribution in [1.82, 2.24) is 4.98 Å². The van der Waals surface area contributed by atoms with E-state index in [4.69, 9.17) is 14.2 Å². The van der Waals surface area contributed by atoms with Gasteiger partial charge in [0.1, 0.15) is 12.3 Å². The highest BCUT2D eigenvalue weighted by molar-refractivity contribution is 6.21. The van der Waals surface area contributed by atoms with E-state index in [-0.39, 0.29) is 12.2 Å². The lowest BCUT2D eigenvalue weighted by Gasteiger charge is -2.14. The Kier molecular flexibility index (Phi) is 7.01. The van der Waals surface area contributed by atoms with Crippen LogP contribution in [0.3, 0.4) is 0 Å². The summed E-state index contributed by atoms with van der Waals surface area (Å²) < 4.78 is 16.2. The summed E-state index contributed by atoms with van der Waals surface area (Å²) in [6.07, 6.45) is 12.7. The first-order chi connectivity index (χ1) is 12.2. The zero-order valence-electron chi connectivity index (χ0n) is 14.7. The minimum absolute atomic E-state index is 0.0922. The van der Waals surface area contributed by atoms with Crippen molar-refractivity contribution in [3.8, 4) is 11.5 Å². The van der Waals surface area contributed by atoms with Crippen LogP contribution in [0.5, 0.6) is 11.5 Å². The van der Waals surface area contributed by atoms with Crippen molar-refractivity contribution in [2.24, 2.45) is 0 Å². The number of aromatic nitrogens is 1. The standard InChI is InChI=1S/C20H23NO4/c1-4-5-7-15-8-6-13-25-14-16(17(22)10-9-15)19-20(24-3)18(23-2)11-12-21-19/h4,6,8-9,11-12,14H,1,5,7,10,13H2,2-3H3/b8-6-,15-9-,16-14+. The Morgan fingerprint density at radius 2 is 2.20 bits per heavy atom. The SMILES string of the molecule is C=CCCC1=C/CC(=O)/C(c2nccc(OC)c2OC)=C\OC/C=C\1. The molecule has 2 rings (SSSR count). The molecule has 0 saturated heterocycles. The lowest BCUT2D eigenvalue weighted by Crippen LogP contribution is -2.07. The number of nitrogens with zero attached hydrogens (tertiary/aromatic N) is 1. The van der Waals surface area contributed by atoms with Crippen molar-refractivity contribution >= 4 is 11.4 Å². The quantitative estimate of drug-likeness (QED) is 0.735. The number of methoxy groups -OCH3 is 2. The second-order valence-corrected chi connectivity index (χ2v) is 5.40. The topological polar surface area (TPSA) is 57.7 Å². The number of rotatable bonds is 6. The molecule has 25 heavy (non-hydrogen) atoms. The summed E-state index contributed by atoms with van der Waals surface area (Å²) in [6.45, 7) is 4.11. The predicted molar refractivity (Wildman–Crippen MR) is 97.5 cm³/mol. The average Bonchev–Trinajstić information content (AvgIpc) is 2.65. The first-order valence-electron chi connectivity index (χ1n) is 8.10. The molecule has 5 heteroatoms. The van der Waals surface area contributed by atoms with Crippen molar-refractivity contribution < 1.29 is 19.0 Å². The minimum atomic E-state index is -0.0922. The van der Waals surface area contributed by atoms with Gasteiger partial charge in [-0.25, -0.2) is 0 Å². The van der Waals surface area contributed by atoms with Crippen LogP contribution in [-0.2, 0) is 9.53 Å². The van der Waals surface area contributed by atoms with E-state index >= 15 is 0 Å². The van der Waals surface area contributed by atoms with Gasteiger partial charge in [0.05, 0.1) is 26.1 Å². The highest BCUT2D eigenvalue weighted by atomic mass is 16.5. The van der Waals surface area contributed by atoms with Gasteiger partial charge in [-0.05, 0) is 18.9 Å². The Hall–Kier alpha value is -2.82. The fraction of sp³-hybridized carbons (Fsp3) is 0.300. The Labute approximate surface area is 148 Å². The van der Waals surface area contributed by atoms with E-state index in [1.54, 1.807) is 19.4 Å². The van der Waals surface area contributed by atoms with E-state index in [0.29, 0.717) is 29.4 Å². The summed E-state index contributed by atoms with van der Waals surface area (Å²) in [7, 11) is 3.06. The third-order valence-electron chi connectivity index (χ3n) is 3.76. The Morgan fingerprint density at radius 1 is 1.36 bits per heavy atom. The molecular weight excluding hydrogens is 318 g/mol. The lowest BCUT2D eigenvalue weighted by molar-refractivity contribution is -0.113. The van der Waals surface area contributed by atoms with Crippen LogP contribution in [-0.4, -0.2) is 31.6 Å². The summed E-state index contributed by atoms with van der Waals surface area (Å²) in [5.74, 6) is 0.836. The van der Waals surface area contributed by atoms with E-state index < -0.39 is 0 Å². The third kappa shape index (κ3) is 4.83. The molecule has 0 fully saturated rings. The van der Waals surface area contributed by atoms with Gasteiger partial charge < -0.3 is 14.2 Å². The van der Waals surface area contributed by atoms with Gasteiger partial charge in [0.2, 0.25) is 0 Å². The molecule has 0 amide bonds. The Morgan fingerprint density at radius 3 is 2.92 bits per heavy atom. The van der Waals surface area contributed by atoms with Crippen molar-refractivity contribution in [2.45, 2.75) is 19.3 Å². The monoisotopic (exact) mass is 341 g/mol. The smallest absolute Gasteiger partial charge is 0.187 e. The molecule has 0 unspecified atom stereocenters. The number of carbonyl (C=O) groups excluding carboxylic acids is 1. The number of ether oxygens (including phenoxy) is 3. The van der Waals surface area contributed by atoms with E-state index in [1.807, 2.05) is 24.3 Å². The maximum atomic E-state index is 12.7. The molecule has 0 aromatic carbocycles. The summed E-state index contributed by atoms with van der Waals surface area (Å²) in [5, 5.41) is 0. The summed E-state index contributed by atoms with van der Waals surface area (Å²) >= 11 is 0. The molecule has 0 saturated carbocycles. The summed E-state index contributed by atoms with van der Waals surface area (Å²) in [4.78, 5) is 17.0. The second kappa shape index (κ2) is 9.47. The van der Waals surface area contributed by atoms with Crippen LogP contribution < -0.4 is 9.47 Å². The van der Waals surface area contributed by atoms with Gasteiger partial charge >= 0.3 is 0 Å². The van der Waals surface area contributed by atoms with Gasteiger partial charge in [-0.15, -0.1) is 6.58 Å². The van der Waals surface area contributed by atoms with Crippen molar-refractivity contribution in [2.75, 3.05) is 20.8 Å². The highest BCUT2D eigenvalue weighted by Gasteiger charge is 2.21. The molecule has 1 aromatic heterocycles. The first-order valence-corrected chi connectivity index (χ1v) is 8.10. The van der Waals surface area contributed by atoms with Crippen molar-refractivity contribution in [3.05, 3.63) is 60.7 Å². The predicted octanol–water partition coefficient (Wildman–Crippen LogP) is 3.88. The molecule has 1 aromatic rings. The van der Waals surface area contributed by atoms with E-state index in [2.05, 4.69) is 11.6 Å². The van der Waals surface area contributed by atoms with Gasteiger partial charge in [-0.2, -0.15) is 0 Å². The second-order valence-electron chi connectivity index (χ2n) is 5.40. The van der Waals surface area contributed by atoms with Crippen LogP contribution in [0.4, 0.5) is 0 Å². The Bertz CT molecular complexity index is 716. The number of pyridine rings is 1. The molecule has 132 valence electrons. The normalized spacial score (nSPS) is 20.3. The zero-order chi connectivity index (χ0) is 18.1. The molecule has 0 bridgehead atoms. The molecule has 0 atom stereocenters. The fourth-order valence-corrected chi connectivity index (χ4v) is 2.48. The van der Waals surface area contributed by atoms with Crippen LogP contribution in [0.2, 0.25) is 0 Å². The molecule has 0 spiro atoms. The molecule has 0 aliphatic carbocycles. The van der Waals surface area contributed by atoms with Crippen LogP contribution in [0.15, 0.2) is 55.0 Å². The van der Waals surface area contributed by atoms with Gasteiger partial charge in [0.15, 0.2) is 17.3 Å². The Balaban J connectivity index is 2.37. The fourth-order valence-electron chi connectivity index (χ4n) is 2.48. The number of hydrogen-bond donors (Lipinski definition) is 0. The lowest BCUT2D eigenvalue weighted by atomic mass is 10.0. The number of allylic oxidation sites excluding steroid dienone is 5. The van der Waals surface area contributed by atoms with Gasteiger partial charge in [-0.1, -0.05) is 23.8 Å².